The minimum atomic E-state index is 0.429. The number of aryl methyl sites for hydroxylation is 1. The molecule has 2 nitrogen and oxygen atoms in total. The van der Waals surface area contributed by atoms with Gasteiger partial charge >= 0.3 is 0 Å². The highest BCUT2D eigenvalue weighted by atomic mass is 79.9. The average molecular weight is 304 g/mol. The molecule has 0 bridgehead atoms. The lowest BCUT2D eigenvalue weighted by Crippen LogP contribution is -2.31. The van der Waals surface area contributed by atoms with Crippen LogP contribution in [0.3, 0.4) is 0 Å². The van der Waals surface area contributed by atoms with Gasteiger partial charge in [-0.1, -0.05) is 0 Å². The second-order valence-electron chi connectivity index (χ2n) is 4.24. The first kappa shape index (κ1) is 12.6. The van der Waals surface area contributed by atoms with E-state index in [1.54, 1.807) is 0 Å². The smallest absolute Gasteiger partial charge is 0.0699 e. The first-order valence-corrected chi connectivity index (χ1v) is 7.44. The minimum absolute atomic E-state index is 0.429. The highest BCUT2D eigenvalue weighted by Gasteiger charge is 2.13. The topological polar surface area (TPSA) is 21.3 Å². The second kappa shape index (κ2) is 6.15. The number of hydrogen-bond donors (Lipinski definition) is 1. The Morgan fingerprint density at radius 1 is 1.56 bits per heavy atom. The summed E-state index contributed by atoms with van der Waals surface area (Å²) < 4.78 is 6.90. The number of ether oxygens (including phenoxy) is 1. The van der Waals surface area contributed by atoms with E-state index in [0.29, 0.717) is 6.10 Å². The summed E-state index contributed by atoms with van der Waals surface area (Å²) in [5, 5.41) is 3.48. The van der Waals surface area contributed by atoms with E-state index in [4.69, 9.17) is 4.74 Å². The predicted molar refractivity (Wildman–Crippen MR) is 72.1 cm³/mol. The molecule has 1 saturated heterocycles. The molecule has 1 unspecified atom stereocenters. The Bertz CT molecular complexity index is 314. The van der Waals surface area contributed by atoms with Gasteiger partial charge in [0, 0.05) is 33.9 Å². The molecule has 0 radical (unpaired) electrons. The van der Waals surface area contributed by atoms with E-state index in [0.717, 1.165) is 19.7 Å². The summed E-state index contributed by atoms with van der Waals surface area (Å²) >= 11 is 5.39. The van der Waals surface area contributed by atoms with Crippen LogP contribution in [0.25, 0.3) is 0 Å². The molecule has 0 amide bonds. The minimum Gasteiger partial charge on any atom is -0.377 e. The fraction of sp³-hybridized carbons (Fsp3) is 0.667. The molecule has 16 heavy (non-hydrogen) atoms. The lowest BCUT2D eigenvalue weighted by molar-refractivity contribution is 0.0168. The Balaban J connectivity index is 1.71. The zero-order chi connectivity index (χ0) is 11.4. The molecular formula is C12H18BrNOS. The molecule has 1 aliphatic rings. The normalized spacial score (nSPS) is 21.2. The van der Waals surface area contributed by atoms with Crippen LogP contribution in [0.2, 0.25) is 0 Å². The Kier molecular flexibility index (Phi) is 4.82. The van der Waals surface area contributed by atoms with Gasteiger partial charge in [0.25, 0.3) is 0 Å². The summed E-state index contributed by atoms with van der Waals surface area (Å²) in [6, 6.07) is 2.20. The molecule has 0 spiro atoms. The van der Waals surface area contributed by atoms with E-state index < -0.39 is 0 Å². The van der Waals surface area contributed by atoms with Crippen molar-refractivity contribution < 1.29 is 4.74 Å². The quantitative estimate of drug-likeness (QED) is 0.919. The first-order chi connectivity index (χ1) is 7.75. The van der Waals surface area contributed by atoms with E-state index in [1.165, 1.54) is 33.5 Å². The largest absolute Gasteiger partial charge is 0.377 e. The molecular weight excluding hydrogens is 286 g/mol. The molecule has 0 saturated carbocycles. The standard InChI is InChI=1S/C12H18BrNOS/c1-9-12(13)6-11(16-9)8-14-7-10-4-2-3-5-15-10/h6,10,14H,2-5,7-8H2,1H3. The summed E-state index contributed by atoms with van der Waals surface area (Å²) in [6.07, 6.45) is 4.18. The molecule has 2 heterocycles. The highest BCUT2D eigenvalue weighted by Crippen LogP contribution is 2.26. The van der Waals surface area contributed by atoms with Crippen LogP contribution < -0.4 is 5.32 Å². The highest BCUT2D eigenvalue weighted by molar-refractivity contribution is 9.10. The molecule has 1 N–H and O–H groups in total. The van der Waals surface area contributed by atoms with E-state index >= 15 is 0 Å². The van der Waals surface area contributed by atoms with Gasteiger partial charge in [0.2, 0.25) is 0 Å². The van der Waals surface area contributed by atoms with Crippen LogP contribution in [0.4, 0.5) is 0 Å². The lowest BCUT2D eigenvalue weighted by atomic mass is 10.1. The molecule has 90 valence electrons. The van der Waals surface area contributed by atoms with Crippen LogP contribution in [0.5, 0.6) is 0 Å². The molecule has 1 aromatic heterocycles. The summed E-state index contributed by atoms with van der Waals surface area (Å²) in [7, 11) is 0. The van der Waals surface area contributed by atoms with Crippen molar-refractivity contribution in [2.45, 2.75) is 38.8 Å². The third kappa shape index (κ3) is 3.55. The van der Waals surface area contributed by atoms with Crippen LogP contribution in [-0.2, 0) is 11.3 Å². The lowest BCUT2D eigenvalue weighted by Gasteiger charge is -2.22. The fourth-order valence-electron chi connectivity index (χ4n) is 1.93. The van der Waals surface area contributed by atoms with E-state index in [2.05, 4.69) is 34.2 Å². The second-order valence-corrected chi connectivity index (χ2v) is 6.43. The van der Waals surface area contributed by atoms with Crippen molar-refractivity contribution in [1.82, 2.24) is 5.32 Å². The van der Waals surface area contributed by atoms with Crippen LogP contribution in [0.15, 0.2) is 10.5 Å². The van der Waals surface area contributed by atoms with Crippen molar-refractivity contribution in [1.29, 1.82) is 0 Å². The van der Waals surface area contributed by atoms with Crippen molar-refractivity contribution in [3.05, 3.63) is 20.3 Å². The Morgan fingerprint density at radius 2 is 2.44 bits per heavy atom. The third-order valence-corrected chi connectivity index (χ3v) is 4.99. The van der Waals surface area contributed by atoms with Gasteiger partial charge in [0.05, 0.1) is 6.10 Å². The van der Waals surface area contributed by atoms with Crippen molar-refractivity contribution >= 4 is 27.3 Å². The maximum Gasteiger partial charge on any atom is 0.0699 e. The van der Waals surface area contributed by atoms with Gasteiger partial charge in [-0.3, -0.25) is 0 Å². The summed E-state index contributed by atoms with van der Waals surface area (Å²) in [4.78, 5) is 2.74. The van der Waals surface area contributed by atoms with Crippen molar-refractivity contribution in [3.8, 4) is 0 Å². The Hall–Kier alpha value is 0.100. The molecule has 1 atom stereocenters. The Labute approximate surface area is 110 Å². The molecule has 1 fully saturated rings. The number of nitrogens with one attached hydrogen (secondary N) is 1. The van der Waals surface area contributed by atoms with Gasteiger partial charge in [-0.2, -0.15) is 0 Å². The van der Waals surface area contributed by atoms with E-state index in [9.17, 15) is 0 Å². The molecule has 4 heteroatoms. The Morgan fingerprint density at radius 3 is 3.06 bits per heavy atom. The number of thiophene rings is 1. The van der Waals surface area contributed by atoms with Gasteiger partial charge in [-0.15, -0.1) is 11.3 Å². The van der Waals surface area contributed by atoms with E-state index in [1.807, 2.05) is 11.3 Å². The van der Waals surface area contributed by atoms with Crippen molar-refractivity contribution in [2.75, 3.05) is 13.2 Å². The maximum absolute atomic E-state index is 5.68. The molecule has 1 aromatic rings. The van der Waals surface area contributed by atoms with Crippen LogP contribution in [0.1, 0.15) is 29.0 Å². The van der Waals surface area contributed by atoms with Crippen LogP contribution in [0, 0.1) is 6.92 Å². The van der Waals surface area contributed by atoms with Crippen LogP contribution in [-0.4, -0.2) is 19.3 Å². The van der Waals surface area contributed by atoms with Gasteiger partial charge in [-0.05, 0) is 48.2 Å². The molecule has 1 aliphatic heterocycles. The monoisotopic (exact) mass is 303 g/mol. The summed E-state index contributed by atoms with van der Waals surface area (Å²) in [5.41, 5.74) is 0. The van der Waals surface area contributed by atoms with Crippen LogP contribution >= 0.6 is 27.3 Å². The molecule has 0 aliphatic carbocycles. The van der Waals surface area contributed by atoms with Crippen molar-refractivity contribution in [3.63, 3.8) is 0 Å². The van der Waals surface area contributed by atoms with Gasteiger partial charge < -0.3 is 10.1 Å². The van der Waals surface area contributed by atoms with E-state index in [-0.39, 0.29) is 0 Å². The van der Waals surface area contributed by atoms with Gasteiger partial charge in [-0.25, -0.2) is 0 Å². The average Bonchev–Trinajstić information content (AvgIpc) is 2.60. The first-order valence-electron chi connectivity index (χ1n) is 5.83. The van der Waals surface area contributed by atoms with Gasteiger partial charge in [0.15, 0.2) is 0 Å². The fourth-order valence-corrected chi connectivity index (χ4v) is 3.50. The SMILES string of the molecule is Cc1sc(CNCC2CCCCO2)cc1Br. The zero-order valence-electron chi connectivity index (χ0n) is 9.59. The summed E-state index contributed by atoms with van der Waals surface area (Å²) in [6.45, 7) is 5.02. The number of hydrogen-bond acceptors (Lipinski definition) is 3. The van der Waals surface area contributed by atoms with Gasteiger partial charge in [0.1, 0.15) is 0 Å². The third-order valence-electron chi connectivity index (χ3n) is 2.85. The zero-order valence-corrected chi connectivity index (χ0v) is 12.0. The summed E-state index contributed by atoms with van der Waals surface area (Å²) in [5.74, 6) is 0. The van der Waals surface area contributed by atoms with Crippen molar-refractivity contribution in [2.24, 2.45) is 0 Å². The number of halogens is 1. The molecule has 2 rings (SSSR count). The number of rotatable bonds is 4. The molecule has 0 aromatic carbocycles. The predicted octanol–water partition coefficient (Wildman–Crippen LogP) is 3.48. The maximum atomic E-state index is 5.68.